The maximum absolute atomic E-state index is 12.4. The lowest BCUT2D eigenvalue weighted by atomic mass is 10.1. The Morgan fingerprint density at radius 3 is 2.70 bits per heavy atom. The minimum Gasteiger partial charge on any atom is -0.491 e. The first-order valence-electron chi connectivity index (χ1n) is 7.22. The van der Waals surface area contributed by atoms with Crippen LogP contribution >= 0.6 is 11.6 Å². The van der Waals surface area contributed by atoms with Crippen molar-refractivity contribution in [3.63, 3.8) is 0 Å². The predicted octanol–water partition coefficient (Wildman–Crippen LogP) is 3.56. The molecule has 0 bridgehead atoms. The fourth-order valence-electron chi connectivity index (χ4n) is 2.54. The van der Waals surface area contributed by atoms with Gasteiger partial charge >= 0.3 is 0 Å². The summed E-state index contributed by atoms with van der Waals surface area (Å²) in [5.41, 5.74) is 0.729. The molecule has 0 saturated carbocycles. The largest absolute Gasteiger partial charge is 0.491 e. The second kappa shape index (κ2) is 6.98. The van der Waals surface area contributed by atoms with Crippen LogP contribution in [0.15, 0.2) is 24.3 Å². The fourth-order valence-corrected chi connectivity index (χ4v) is 2.85. The van der Waals surface area contributed by atoms with Crippen molar-refractivity contribution in [1.29, 1.82) is 0 Å². The van der Waals surface area contributed by atoms with Crippen LogP contribution in [0.2, 0.25) is 0 Å². The van der Waals surface area contributed by atoms with Crippen LogP contribution in [-0.2, 0) is 0 Å². The van der Waals surface area contributed by atoms with Gasteiger partial charge in [-0.1, -0.05) is 0 Å². The second-order valence-corrected chi connectivity index (χ2v) is 5.95. The molecule has 4 heteroatoms. The van der Waals surface area contributed by atoms with E-state index in [0.717, 1.165) is 37.2 Å². The van der Waals surface area contributed by atoms with E-state index in [1.54, 1.807) is 0 Å². The van der Waals surface area contributed by atoms with Crippen molar-refractivity contribution < 1.29 is 9.53 Å². The molecule has 1 amide bonds. The number of nitrogens with zero attached hydrogens (tertiary/aromatic N) is 1. The van der Waals surface area contributed by atoms with Crippen molar-refractivity contribution in [2.24, 2.45) is 5.92 Å². The number of alkyl halides is 1. The zero-order chi connectivity index (χ0) is 14.5. The normalized spacial score (nSPS) is 18.6. The van der Waals surface area contributed by atoms with Crippen LogP contribution in [0.5, 0.6) is 5.75 Å². The summed E-state index contributed by atoms with van der Waals surface area (Å²) < 4.78 is 5.58. The highest BCUT2D eigenvalue weighted by molar-refractivity contribution is 6.17. The third-order valence-corrected chi connectivity index (χ3v) is 3.78. The standard InChI is InChI=1S/C16H22ClNO2/c1-12(2)20-15-5-3-14(4-6-15)16(19)18-10-8-13(11-18)7-9-17/h3-6,12-13H,7-11H2,1-2H3. The summed E-state index contributed by atoms with van der Waals surface area (Å²) >= 11 is 5.77. The molecule has 1 atom stereocenters. The minimum atomic E-state index is 0.109. The Morgan fingerprint density at radius 2 is 2.10 bits per heavy atom. The van der Waals surface area contributed by atoms with E-state index < -0.39 is 0 Å². The van der Waals surface area contributed by atoms with Crippen molar-refractivity contribution in [2.75, 3.05) is 19.0 Å². The van der Waals surface area contributed by atoms with Gasteiger partial charge in [0.05, 0.1) is 6.10 Å². The van der Waals surface area contributed by atoms with Gasteiger partial charge in [-0.2, -0.15) is 0 Å². The monoisotopic (exact) mass is 295 g/mol. The Bertz CT molecular complexity index is 444. The topological polar surface area (TPSA) is 29.5 Å². The van der Waals surface area contributed by atoms with Gasteiger partial charge in [0.25, 0.3) is 5.91 Å². The van der Waals surface area contributed by atoms with Crippen molar-refractivity contribution in [3.05, 3.63) is 29.8 Å². The van der Waals surface area contributed by atoms with Crippen LogP contribution in [0.25, 0.3) is 0 Å². The molecule has 0 spiro atoms. The first-order chi connectivity index (χ1) is 9.60. The average Bonchev–Trinajstić information content (AvgIpc) is 2.87. The van der Waals surface area contributed by atoms with Crippen molar-refractivity contribution >= 4 is 17.5 Å². The number of halogens is 1. The lowest BCUT2D eigenvalue weighted by Crippen LogP contribution is -2.28. The van der Waals surface area contributed by atoms with Gasteiger partial charge in [0, 0.05) is 24.5 Å². The third-order valence-electron chi connectivity index (χ3n) is 3.56. The van der Waals surface area contributed by atoms with Gasteiger partial charge in [-0.05, 0) is 56.9 Å². The zero-order valence-corrected chi connectivity index (χ0v) is 12.9. The molecule has 20 heavy (non-hydrogen) atoms. The van der Waals surface area contributed by atoms with E-state index in [-0.39, 0.29) is 12.0 Å². The number of benzene rings is 1. The molecule has 110 valence electrons. The molecular weight excluding hydrogens is 274 g/mol. The highest BCUT2D eigenvalue weighted by atomic mass is 35.5. The number of hydrogen-bond acceptors (Lipinski definition) is 2. The first-order valence-corrected chi connectivity index (χ1v) is 7.75. The molecule has 2 rings (SSSR count). The number of carbonyl (C=O) groups is 1. The highest BCUT2D eigenvalue weighted by Crippen LogP contribution is 2.22. The maximum atomic E-state index is 12.4. The second-order valence-electron chi connectivity index (χ2n) is 5.57. The Labute approximate surface area is 125 Å². The Kier molecular flexibility index (Phi) is 5.30. The minimum absolute atomic E-state index is 0.109. The van der Waals surface area contributed by atoms with E-state index in [1.807, 2.05) is 43.0 Å². The Hall–Kier alpha value is -1.22. The van der Waals surface area contributed by atoms with Gasteiger partial charge in [-0.15, -0.1) is 11.6 Å². The van der Waals surface area contributed by atoms with Crippen molar-refractivity contribution in [1.82, 2.24) is 4.90 Å². The molecule has 1 fully saturated rings. The lowest BCUT2D eigenvalue weighted by molar-refractivity contribution is 0.0787. The van der Waals surface area contributed by atoms with Gasteiger partial charge in [-0.3, -0.25) is 4.79 Å². The fraction of sp³-hybridized carbons (Fsp3) is 0.562. The Morgan fingerprint density at radius 1 is 1.40 bits per heavy atom. The zero-order valence-electron chi connectivity index (χ0n) is 12.1. The van der Waals surface area contributed by atoms with E-state index in [9.17, 15) is 4.79 Å². The Balaban J connectivity index is 1.96. The molecule has 3 nitrogen and oxygen atoms in total. The van der Waals surface area contributed by atoms with Crippen molar-refractivity contribution in [3.8, 4) is 5.75 Å². The first kappa shape index (κ1) is 15.2. The number of likely N-dealkylation sites (tertiary alicyclic amines) is 1. The number of ether oxygens (including phenoxy) is 1. The number of carbonyl (C=O) groups excluding carboxylic acids is 1. The molecule has 0 radical (unpaired) electrons. The summed E-state index contributed by atoms with van der Waals surface area (Å²) in [4.78, 5) is 14.3. The molecule has 1 aliphatic rings. The molecule has 1 heterocycles. The third kappa shape index (κ3) is 3.89. The van der Waals surface area contributed by atoms with Crippen molar-refractivity contribution in [2.45, 2.75) is 32.8 Å². The summed E-state index contributed by atoms with van der Waals surface area (Å²) in [6.07, 6.45) is 2.20. The summed E-state index contributed by atoms with van der Waals surface area (Å²) in [5.74, 6) is 2.14. The molecule has 1 aromatic rings. The van der Waals surface area contributed by atoms with Crippen LogP contribution in [0, 0.1) is 5.92 Å². The van der Waals surface area contributed by atoms with Gasteiger partial charge < -0.3 is 9.64 Å². The van der Waals surface area contributed by atoms with Gasteiger partial charge in [0.15, 0.2) is 0 Å². The molecule has 1 saturated heterocycles. The summed E-state index contributed by atoms with van der Waals surface area (Å²) in [7, 11) is 0. The average molecular weight is 296 g/mol. The maximum Gasteiger partial charge on any atom is 0.253 e. The highest BCUT2D eigenvalue weighted by Gasteiger charge is 2.26. The van der Waals surface area contributed by atoms with Crippen LogP contribution in [0.1, 0.15) is 37.0 Å². The predicted molar refractivity (Wildman–Crippen MR) is 81.6 cm³/mol. The molecule has 0 aromatic heterocycles. The van der Waals surface area contributed by atoms with Gasteiger partial charge in [0.2, 0.25) is 0 Å². The molecule has 1 aliphatic heterocycles. The van der Waals surface area contributed by atoms with E-state index in [4.69, 9.17) is 16.3 Å². The number of amides is 1. The molecule has 0 N–H and O–H groups in total. The van der Waals surface area contributed by atoms with E-state index in [1.165, 1.54) is 0 Å². The van der Waals surface area contributed by atoms with E-state index in [0.29, 0.717) is 11.8 Å². The van der Waals surface area contributed by atoms with E-state index >= 15 is 0 Å². The summed E-state index contributed by atoms with van der Waals surface area (Å²) in [5, 5.41) is 0. The SMILES string of the molecule is CC(C)Oc1ccc(C(=O)N2CCC(CCCl)C2)cc1. The van der Waals surface area contributed by atoms with Gasteiger partial charge in [0.1, 0.15) is 5.75 Å². The van der Waals surface area contributed by atoms with Crippen LogP contribution < -0.4 is 4.74 Å². The number of rotatable bonds is 5. The van der Waals surface area contributed by atoms with Crippen LogP contribution in [0.3, 0.4) is 0 Å². The van der Waals surface area contributed by atoms with E-state index in [2.05, 4.69) is 0 Å². The summed E-state index contributed by atoms with van der Waals surface area (Å²) in [6.45, 7) is 5.64. The summed E-state index contributed by atoms with van der Waals surface area (Å²) in [6, 6.07) is 7.41. The lowest BCUT2D eigenvalue weighted by Gasteiger charge is -2.17. The van der Waals surface area contributed by atoms with Gasteiger partial charge in [-0.25, -0.2) is 0 Å². The van der Waals surface area contributed by atoms with Crippen LogP contribution in [0.4, 0.5) is 0 Å². The molecule has 1 aromatic carbocycles. The quantitative estimate of drug-likeness (QED) is 0.777. The number of hydrogen-bond donors (Lipinski definition) is 0. The molecule has 1 unspecified atom stereocenters. The molecule has 0 aliphatic carbocycles. The molecular formula is C16H22ClNO2. The smallest absolute Gasteiger partial charge is 0.253 e. The van der Waals surface area contributed by atoms with Crippen LogP contribution in [-0.4, -0.2) is 35.9 Å².